The highest BCUT2D eigenvalue weighted by atomic mass is 35.5. The lowest BCUT2D eigenvalue weighted by atomic mass is 10.00. The van der Waals surface area contributed by atoms with Crippen LogP contribution in [0.3, 0.4) is 0 Å². The number of hydrogen-bond donors (Lipinski definition) is 3. The average molecular weight is 728 g/mol. The molecule has 9 nitrogen and oxygen atoms in total. The molecule has 0 unspecified atom stereocenters. The molecule has 0 bridgehead atoms. The number of likely N-dealkylation sites (tertiary alicyclic amines) is 1. The van der Waals surface area contributed by atoms with Gasteiger partial charge in [-0.2, -0.15) is 13.2 Å². The number of thioether (sulfide) groups is 1. The standard InChI is InChI=1S/C30H39Cl2F3N4O5S2/c1-5-45-26-9-8-21(31)13-20(26)16-37-27(40)19-14-24(30(33,34)35)23(25(32)15-19)18-39-11-6-7-22(17-39)38-46(42,43)12-10-36-28(41)44-29(2,3)4/h8-9,13-15,22,38H,5-7,10-12,16-18H2,1-4H3,(H,36,41)(H,37,40)/t22-/m0/s1. The van der Waals surface area contributed by atoms with Crippen LogP contribution in [0, 0.1) is 0 Å². The fraction of sp³-hybridized carbons (Fsp3) is 0.533. The first kappa shape index (κ1) is 38.2. The smallest absolute Gasteiger partial charge is 0.416 e. The van der Waals surface area contributed by atoms with Crippen LogP contribution in [0.25, 0.3) is 0 Å². The van der Waals surface area contributed by atoms with Gasteiger partial charge in [-0.25, -0.2) is 17.9 Å². The number of halogens is 5. The van der Waals surface area contributed by atoms with E-state index in [0.29, 0.717) is 24.4 Å². The van der Waals surface area contributed by atoms with Crippen molar-refractivity contribution >= 4 is 57.0 Å². The van der Waals surface area contributed by atoms with Gasteiger partial charge < -0.3 is 15.4 Å². The molecule has 2 aromatic rings. The van der Waals surface area contributed by atoms with Gasteiger partial charge in [0.2, 0.25) is 10.0 Å². The Labute approximate surface area is 282 Å². The molecule has 2 amide bonds. The molecule has 46 heavy (non-hydrogen) atoms. The normalized spacial score (nSPS) is 16.2. The number of piperidine rings is 1. The predicted octanol–water partition coefficient (Wildman–Crippen LogP) is 6.46. The number of alkyl carbamates (subject to hydrolysis) is 1. The zero-order chi connectivity index (χ0) is 34.3. The minimum atomic E-state index is -4.80. The fourth-order valence-electron chi connectivity index (χ4n) is 4.87. The van der Waals surface area contributed by atoms with Gasteiger partial charge in [0.15, 0.2) is 0 Å². The highest BCUT2D eigenvalue weighted by Crippen LogP contribution is 2.37. The van der Waals surface area contributed by atoms with E-state index < -0.39 is 51.2 Å². The second kappa shape index (κ2) is 16.2. The van der Waals surface area contributed by atoms with Gasteiger partial charge in [0, 0.05) is 52.7 Å². The number of carbonyl (C=O) groups is 2. The maximum atomic E-state index is 14.3. The van der Waals surface area contributed by atoms with Crippen LogP contribution >= 0.6 is 35.0 Å². The molecule has 1 aliphatic rings. The summed E-state index contributed by atoms with van der Waals surface area (Å²) < 4.78 is 75.8. The summed E-state index contributed by atoms with van der Waals surface area (Å²) in [5, 5.41) is 5.31. The van der Waals surface area contributed by atoms with Crippen LogP contribution in [0.1, 0.15) is 67.6 Å². The molecule has 0 radical (unpaired) electrons. The van der Waals surface area contributed by atoms with Gasteiger partial charge in [0.05, 0.1) is 11.3 Å². The first-order valence-corrected chi connectivity index (χ1v) is 18.0. The van der Waals surface area contributed by atoms with Gasteiger partial charge in [-0.05, 0) is 87.4 Å². The summed E-state index contributed by atoms with van der Waals surface area (Å²) in [5.41, 5.74) is -1.47. The maximum Gasteiger partial charge on any atom is 0.416 e. The van der Waals surface area contributed by atoms with Crippen LogP contribution in [0.2, 0.25) is 10.0 Å². The van der Waals surface area contributed by atoms with E-state index >= 15 is 0 Å². The molecule has 3 N–H and O–H groups in total. The molecule has 3 rings (SSSR count). The summed E-state index contributed by atoms with van der Waals surface area (Å²) in [6.07, 6.45) is -4.52. The predicted molar refractivity (Wildman–Crippen MR) is 175 cm³/mol. The van der Waals surface area contributed by atoms with E-state index in [1.54, 1.807) is 49.6 Å². The van der Waals surface area contributed by atoms with Crippen LogP contribution < -0.4 is 15.4 Å². The second-order valence-corrected chi connectivity index (χ2v) is 15.8. The molecule has 2 aromatic carbocycles. The Balaban J connectivity index is 1.68. The fourth-order valence-corrected chi connectivity index (χ4v) is 7.33. The van der Waals surface area contributed by atoms with Crippen molar-refractivity contribution in [3.8, 4) is 0 Å². The molecule has 16 heteroatoms. The second-order valence-electron chi connectivity index (χ2n) is 11.8. The Hall–Kier alpha value is -2.23. The van der Waals surface area contributed by atoms with Crippen molar-refractivity contribution in [2.75, 3.05) is 31.1 Å². The van der Waals surface area contributed by atoms with Crippen molar-refractivity contribution in [1.82, 2.24) is 20.3 Å². The van der Waals surface area contributed by atoms with Gasteiger partial charge in [0.1, 0.15) is 5.60 Å². The highest BCUT2D eigenvalue weighted by Gasteiger charge is 2.36. The topological polar surface area (TPSA) is 117 Å². The molecule has 1 aliphatic heterocycles. The van der Waals surface area contributed by atoms with E-state index in [4.69, 9.17) is 27.9 Å². The number of hydrogen-bond acceptors (Lipinski definition) is 7. The Bertz CT molecular complexity index is 1500. The zero-order valence-electron chi connectivity index (χ0n) is 26.0. The quantitative estimate of drug-likeness (QED) is 0.215. The maximum absolute atomic E-state index is 14.3. The summed E-state index contributed by atoms with van der Waals surface area (Å²) >= 11 is 14.0. The van der Waals surface area contributed by atoms with Crippen molar-refractivity contribution in [3.05, 3.63) is 62.6 Å². The number of rotatable bonds is 12. The summed E-state index contributed by atoms with van der Waals surface area (Å²) in [6.45, 7) is 7.27. The zero-order valence-corrected chi connectivity index (χ0v) is 29.2. The first-order chi connectivity index (χ1) is 21.4. The average Bonchev–Trinajstić information content (AvgIpc) is 2.92. The van der Waals surface area contributed by atoms with Crippen molar-refractivity contribution in [3.63, 3.8) is 0 Å². The van der Waals surface area contributed by atoms with Crippen LogP contribution in [-0.4, -0.2) is 68.1 Å². The van der Waals surface area contributed by atoms with Crippen LogP contribution in [0.4, 0.5) is 18.0 Å². The highest BCUT2D eigenvalue weighted by molar-refractivity contribution is 7.99. The van der Waals surface area contributed by atoms with E-state index in [1.165, 1.54) is 6.07 Å². The SMILES string of the molecule is CCSc1ccc(Cl)cc1CNC(=O)c1cc(Cl)c(CN2CCC[C@H](NS(=O)(=O)CCNC(=O)OC(C)(C)C)C2)c(C(F)(F)F)c1. The molecule has 1 atom stereocenters. The van der Waals surface area contributed by atoms with Gasteiger partial charge >= 0.3 is 12.3 Å². The van der Waals surface area contributed by atoms with E-state index in [-0.39, 0.29) is 42.3 Å². The Kier molecular flexibility index (Phi) is 13.5. The summed E-state index contributed by atoms with van der Waals surface area (Å²) in [5.74, 6) is -0.335. The number of sulfonamides is 1. The van der Waals surface area contributed by atoms with Crippen molar-refractivity contribution in [2.45, 2.75) is 76.3 Å². The lowest BCUT2D eigenvalue weighted by Gasteiger charge is -2.33. The molecule has 1 heterocycles. The van der Waals surface area contributed by atoms with Gasteiger partial charge in [0.25, 0.3) is 5.91 Å². The van der Waals surface area contributed by atoms with Crippen LogP contribution in [0.5, 0.6) is 0 Å². The van der Waals surface area contributed by atoms with Crippen LogP contribution in [-0.2, 0) is 34.0 Å². The van der Waals surface area contributed by atoms with Gasteiger partial charge in [-0.1, -0.05) is 30.1 Å². The number of nitrogens with one attached hydrogen (secondary N) is 3. The Morgan fingerprint density at radius 2 is 1.83 bits per heavy atom. The molecule has 0 aliphatic carbocycles. The molecular weight excluding hydrogens is 688 g/mol. The minimum Gasteiger partial charge on any atom is -0.444 e. The summed E-state index contributed by atoms with van der Waals surface area (Å²) in [6, 6.07) is 6.70. The van der Waals surface area contributed by atoms with Gasteiger partial charge in [-0.3, -0.25) is 9.69 Å². The van der Waals surface area contributed by atoms with E-state index in [0.717, 1.165) is 22.3 Å². The third kappa shape index (κ3) is 12.1. The molecular formula is C30H39Cl2F3N4O5S2. The largest absolute Gasteiger partial charge is 0.444 e. The number of amides is 2. The molecule has 1 fully saturated rings. The summed E-state index contributed by atoms with van der Waals surface area (Å²) in [7, 11) is -3.81. The molecule has 0 spiro atoms. The van der Waals surface area contributed by atoms with Gasteiger partial charge in [-0.15, -0.1) is 11.8 Å². The van der Waals surface area contributed by atoms with E-state index in [9.17, 15) is 31.2 Å². The lowest BCUT2D eigenvalue weighted by molar-refractivity contribution is -0.138. The number of benzene rings is 2. The first-order valence-electron chi connectivity index (χ1n) is 14.6. The lowest BCUT2D eigenvalue weighted by Crippen LogP contribution is -2.48. The number of nitrogens with zero attached hydrogens (tertiary/aromatic N) is 1. The molecule has 1 saturated heterocycles. The Morgan fingerprint density at radius 1 is 1.11 bits per heavy atom. The van der Waals surface area contributed by atoms with Crippen molar-refractivity contribution in [1.29, 1.82) is 0 Å². The third-order valence-electron chi connectivity index (χ3n) is 6.80. The minimum absolute atomic E-state index is 0.0601. The third-order valence-corrected chi connectivity index (χ3v) is 9.80. The summed E-state index contributed by atoms with van der Waals surface area (Å²) in [4.78, 5) is 27.4. The van der Waals surface area contributed by atoms with Crippen LogP contribution in [0.15, 0.2) is 35.2 Å². The van der Waals surface area contributed by atoms with Crippen molar-refractivity contribution < 1.29 is 35.9 Å². The Morgan fingerprint density at radius 3 is 2.48 bits per heavy atom. The number of alkyl halides is 3. The van der Waals surface area contributed by atoms with Crippen molar-refractivity contribution in [2.24, 2.45) is 0 Å². The van der Waals surface area contributed by atoms with E-state index in [2.05, 4.69) is 15.4 Å². The molecule has 0 saturated carbocycles. The molecule has 256 valence electrons. The monoisotopic (exact) mass is 726 g/mol. The van der Waals surface area contributed by atoms with E-state index in [1.807, 2.05) is 13.0 Å². The number of ether oxygens (including phenoxy) is 1. The number of carbonyl (C=O) groups excluding carboxylic acids is 2. The molecule has 0 aromatic heterocycles.